The highest BCUT2D eigenvalue weighted by atomic mass is 35.5. The van der Waals surface area contributed by atoms with Gasteiger partial charge in [-0.3, -0.25) is 9.48 Å². The van der Waals surface area contributed by atoms with E-state index >= 15 is 0 Å². The molecule has 1 amide bonds. The van der Waals surface area contributed by atoms with Crippen molar-refractivity contribution >= 4 is 17.5 Å². The molecule has 0 aliphatic carbocycles. The molecule has 2 aromatic carbocycles. The summed E-state index contributed by atoms with van der Waals surface area (Å²) >= 11 is 6.01. The van der Waals surface area contributed by atoms with Crippen LogP contribution in [0, 0.1) is 19.7 Å². The first-order valence-corrected chi connectivity index (χ1v) is 9.61. The summed E-state index contributed by atoms with van der Waals surface area (Å²) in [5.41, 5.74) is 4.45. The largest absolute Gasteiger partial charge is 0.497 e. The van der Waals surface area contributed by atoms with Crippen LogP contribution in [0.1, 0.15) is 28.1 Å². The van der Waals surface area contributed by atoms with Gasteiger partial charge in [0.2, 0.25) is 5.91 Å². The Labute approximate surface area is 174 Å². The van der Waals surface area contributed by atoms with E-state index in [9.17, 15) is 9.18 Å². The number of methoxy groups -OCH3 is 1. The quantitative estimate of drug-likeness (QED) is 0.629. The topological polar surface area (TPSA) is 56.2 Å². The Hall–Kier alpha value is -2.86. The van der Waals surface area contributed by atoms with Crippen LogP contribution in [0.2, 0.25) is 5.02 Å². The normalized spacial score (nSPS) is 10.8. The van der Waals surface area contributed by atoms with Gasteiger partial charge in [0.1, 0.15) is 11.6 Å². The maximum Gasteiger partial charge on any atom is 0.224 e. The first kappa shape index (κ1) is 20.9. The zero-order valence-corrected chi connectivity index (χ0v) is 17.4. The zero-order chi connectivity index (χ0) is 21.0. The van der Waals surface area contributed by atoms with Crippen LogP contribution in [0.15, 0.2) is 42.5 Å². The number of benzene rings is 2. The molecule has 0 bridgehead atoms. The molecule has 3 aromatic rings. The molecular weight excluding hydrogens is 393 g/mol. The van der Waals surface area contributed by atoms with Crippen molar-refractivity contribution in [2.45, 2.75) is 33.4 Å². The lowest BCUT2D eigenvalue weighted by Gasteiger charge is -2.09. The molecule has 29 heavy (non-hydrogen) atoms. The lowest BCUT2D eigenvalue weighted by Crippen LogP contribution is -2.25. The third kappa shape index (κ3) is 5.15. The van der Waals surface area contributed by atoms with Crippen LogP contribution < -0.4 is 10.1 Å². The number of nitrogens with one attached hydrogen (secondary N) is 1. The number of hydrogen-bond donors (Lipinski definition) is 1. The van der Waals surface area contributed by atoms with E-state index in [-0.39, 0.29) is 18.9 Å². The van der Waals surface area contributed by atoms with Gasteiger partial charge < -0.3 is 10.1 Å². The minimum Gasteiger partial charge on any atom is -0.497 e. The number of aryl methyl sites for hydroxylation is 1. The summed E-state index contributed by atoms with van der Waals surface area (Å²) in [5.74, 6) is 0.266. The number of halogens is 2. The van der Waals surface area contributed by atoms with Gasteiger partial charge in [-0.05, 0) is 49.2 Å². The number of ether oxygens (including phenoxy) is 1. The molecule has 152 valence electrons. The summed E-state index contributed by atoms with van der Waals surface area (Å²) in [6, 6.07) is 11.9. The molecule has 7 heteroatoms. The van der Waals surface area contributed by atoms with E-state index in [2.05, 4.69) is 10.4 Å². The summed E-state index contributed by atoms with van der Waals surface area (Å²) in [5, 5.41) is 7.72. The fourth-order valence-corrected chi connectivity index (χ4v) is 3.36. The molecule has 0 aliphatic rings. The fraction of sp³-hybridized carbons (Fsp3) is 0.273. The number of nitrogens with zero attached hydrogens (tertiary/aromatic N) is 2. The fourth-order valence-electron chi connectivity index (χ4n) is 3.13. The van der Waals surface area contributed by atoms with Crippen LogP contribution in [0.3, 0.4) is 0 Å². The molecule has 5 nitrogen and oxygen atoms in total. The number of rotatable bonds is 7. The summed E-state index contributed by atoms with van der Waals surface area (Å²) in [6.07, 6.45) is 0.221. The van der Waals surface area contributed by atoms with Crippen molar-refractivity contribution in [3.05, 3.63) is 81.4 Å². The average Bonchev–Trinajstić information content (AvgIpc) is 2.95. The molecule has 1 N–H and O–H groups in total. The lowest BCUT2D eigenvalue weighted by atomic mass is 10.1. The van der Waals surface area contributed by atoms with Gasteiger partial charge in [0, 0.05) is 22.8 Å². The van der Waals surface area contributed by atoms with Crippen LogP contribution >= 0.6 is 11.6 Å². The summed E-state index contributed by atoms with van der Waals surface area (Å²) in [7, 11) is 1.64. The van der Waals surface area contributed by atoms with Gasteiger partial charge in [-0.15, -0.1) is 0 Å². The number of carbonyl (C=O) groups excluding carboxylic acids is 1. The molecule has 0 unspecified atom stereocenters. The van der Waals surface area contributed by atoms with Crippen molar-refractivity contribution in [3.8, 4) is 5.75 Å². The summed E-state index contributed by atoms with van der Waals surface area (Å²) < 4.78 is 20.2. The monoisotopic (exact) mass is 415 g/mol. The van der Waals surface area contributed by atoms with E-state index in [1.807, 2.05) is 42.8 Å². The number of amides is 1. The Bertz CT molecular complexity index is 1020. The molecule has 0 saturated heterocycles. The third-order valence-electron chi connectivity index (χ3n) is 4.85. The molecule has 0 saturated carbocycles. The minimum atomic E-state index is -0.402. The Balaban J connectivity index is 1.65. The number of hydrogen-bond acceptors (Lipinski definition) is 3. The lowest BCUT2D eigenvalue weighted by molar-refractivity contribution is -0.120. The van der Waals surface area contributed by atoms with E-state index in [0.29, 0.717) is 17.1 Å². The van der Waals surface area contributed by atoms with Gasteiger partial charge in [0.25, 0.3) is 0 Å². The minimum absolute atomic E-state index is 0.138. The van der Waals surface area contributed by atoms with Crippen LogP contribution in [-0.4, -0.2) is 22.8 Å². The van der Waals surface area contributed by atoms with E-state index < -0.39 is 5.82 Å². The van der Waals surface area contributed by atoms with Crippen molar-refractivity contribution in [3.63, 3.8) is 0 Å². The second-order valence-electron chi connectivity index (χ2n) is 6.84. The Morgan fingerprint density at radius 2 is 1.93 bits per heavy atom. The molecule has 0 aliphatic heterocycles. The van der Waals surface area contributed by atoms with Crippen molar-refractivity contribution in [1.82, 2.24) is 15.1 Å². The van der Waals surface area contributed by atoms with E-state index in [1.165, 1.54) is 12.1 Å². The second-order valence-corrected chi connectivity index (χ2v) is 7.25. The van der Waals surface area contributed by atoms with E-state index in [0.717, 1.165) is 28.3 Å². The highest BCUT2D eigenvalue weighted by molar-refractivity contribution is 6.31. The molecule has 0 radical (unpaired) electrons. The Kier molecular flexibility index (Phi) is 6.54. The second kappa shape index (κ2) is 9.09. The average molecular weight is 416 g/mol. The summed E-state index contributed by atoms with van der Waals surface area (Å²) in [4.78, 5) is 12.4. The van der Waals surface area contributed by atoms with Crippen molar-refractivity contribution < 1.29 is 13.9 Å². The van der Waals surface area contributed by atoms with Crippen molar-refractivity contribution in [1.29, 1.82) is 0 Å². The van der Waals surface area contributed by atoms with Gasteiger partial charge in [-0.2, -0.15) is 5.10 Å². The van der Waals surface area contributed by atoms with Crippen molar-refractivity contribution in [2.75, 3.05) is 7.11 Å². The number of aromatic nitrogens is 2. The van der Waals surface area contributed by atoms with Crippen LogP contribution in [0.5, 0.6) is 5.75 Å². The molecular formula is C22H23ClFN3O2. The van der Waals surface area contributed by atoms with Crippen molar-refractivity contribution in [2.24, 2.45) is 0 Å². The SMILES string of the molecule is COc1ccc(Cn2nc(C)c(CC(=O)NCc3ccc(F)cc3Cl)c2C)cc1. The smallest absolute Gasteiger partial charge is 0.224 e. The maximum absolute atomic E-state index is 13.1. The van der Waals surface area contributed by atoms with Gasteiger partial charge in [-0.1, -0.05) is 29.8 Å². The zero-order valence-electron chi connectivity index (χ0n) is 16.6. The van der Waals surface area contributed by atoms with Gasteiger partial charge >= 0.3 is 0 Å². The molecule has 1 aromatic heterocycles. The van der Waals surface area contributed by atoms with Crippen LogP contribution in [0.4, 0.5) is 4.39 Å². The Morgan fingerprint density at radius 3 is 2.59 bits per heavy atom. The van der Waals surface area contributed by atoms with Crippen LogP contribution in [-0.2, 0) is 24.3 Å². The molecule has 0 atom stereocenters. The third-order valence-corrected chi connectivity index (χ3v) is 5.20. The molecule has 0 fully saturated rings. The molecule has 3 rings (SSSR count). The highest BCUT2D eigenvalue weighted by Gasteiger charge is 2.15. The predicted octanol–water partition coefficient (Wildman–Crippen LogP) is 4.21. The predicted molar refractivity (Wildman–Crippen MR) is 111 cm³/mol. The van der Waals surface area contributed by atoms with E-state index in [1.54, 1.807) is 13.2 Å². The van der Waals surface area contributed by atoms with Crippen LogP contribution in [0.25, 0.3) is 0 Å². The Morgan fingerprint density at radius 1 is 1.21 bits per heavy atom. The number of carbonyl (C=O) groups is 1. The van der Waals surface area contributed by atoms with Gasteiger partial charge in [0.15, 0.2) is 0 Å². The first-order valence-electron chi connectivity index (χ1n) is 9.24. The molecule has 0 spiro atoms. The first-order chi connectivity index (χ1) is 13.9. The molecule has 1 heterocycles. The summed E-state index contributed by atoms with van der Waals surface area (Å²) in [6.45, 7) is 4.72. The highest BCUT2D eigenvalue weighted by Crippen LogP contribution is 2.19. The standard InChI is InChI=1S/C22H23ClFN3O2/c1-14-20(11-22(28)25-12-17-6-7-18(24)10-21(17)23)15(2)27(26-14)13-16-4-8-19(29-3)9-5-16/h4-10H,11-13H2,1-3H3,(H,25,28). The van der Waals surface area contributed by atoms with Gasteiger partial charge in [0.05, 0.1) is 25.8 Å². The maximum atomic E-state index is 13.1. The van der Waals surface area contributed by atoms with E-state index in [4.69, 9.17) is 16.3 Å². The van der Waals surface area contributed by atoms with Gasteiger partial charge in [-0.25, -0.2) is 4.39 Å².